The highest BCUT2D eigenvalue weighted by molar-refractivity contribution is 5.36. The minimum Gasteiger partial charge on any atom is -0.468 e. The number of nitrogens with one attached hydrogen (secondary N) is 1. The number of fused-ring (bicyclic) bond motifs is 1. The van der Waals surface area contributed by atoms with Crippen molar-refractivity contribution in [1.82, 2.24) is 15.1 Å². The maximum Gasteiger partial charge on any atom is 0.293 e. The first kappa shape index (κ1) is 20.6. The van der Waals surface area contributed by atoms with Crippen LogP contribution in [0.2, 0.25) is 0 Å². The van der Waals surface area contributed by atoms with E-state index < -0.39 is 0 Å². The van der Waals surface area contributed by atoms with Gasteiger partial charge >= 0.3 is 0 Å². The van der Waals surface area contributed by atoms with Crippen LogP contribution in [0.25, 0.3) is 0 Å². The average molecular weight is 313 g/mol. The van der Waals surface area contributed by atoms with Crippen molar-refractivity contribution in [3.8, 4) is 0 Å². The van der Waals surface area contributed by atoms with Crippen LogP contribution < -0.4 is 0 Å². The summed E-state index contributed by atoms with van der Waals surface area (Å²) < 4.78 is 4.39. The lowest BCUT2D eigenvalue weighted by Gasteiger charge is -2.11. The van der Waals surface area contributed by atoms with Crippen molar-refractivity contribution in [1.29, 1.82) is 0 Å². The summed E-state index contributed by atoms with van der Waals surface area (Å²) in [5.74, 6) is 0. The van der Waals surface area contributed by atoms with Crippen LogP contribution in [0, 0.1) is 0 Å². The molecule has 0 spiro atoms. The molecular formula is C16H31N3O3. The van der Waals surface area contributed by atoms with E-state index in [-0.39, 0.29) is 0 Å². The van der Waals surface area contributed by atoms with E-state index in [9.17, 15) is 4.79 Å². The van der Waals surface area contributed by atoms with Gasteiger partial charge in [-0.1, -0.05) is 13.3 Å². The smallest absolute Gasteiger partial charge is 0.293 e. The number of carbonyl (C=O) groups excluding carboxylic acids is 1. The minimum absolute atomic E-state index is 0.482. The Morgan fingerprint density at radius 1 is 1.36 bits per heavy atom. The van der Waals surface area contributed by atoms with Gasteiger partial charge in [-0.15, -0.1) is 0 Å². The molecule has 2 fully saturated rings. The molecule has 128 valence electrons. The Balaban J connectivity index is 0.000000291. The first-order valence-electron chi connectivity index (χ1n) is 8.06. The second kappa shape index (κ2) is 16.0. The van der Waals surface area contributed by atoms with Crippen LogP contribution in [-0.4, -0.2) is 59.5 Å². The van der Waals surface area contributed by atoms with Crippen molar-refractivity contribution in [2.45, 2.75) is 51.5 Å². The Labute approximate surface area is 133 Å². The fraction of sp³-hybridized carbons (Fsp3) is 0.750. The third-order valence-electron chi connectivity index (χ3n) is 3.57. The summed E-state index contributed by atoms with van der Waals surface area (Å²) >= 11 is 0. The lowest BCUT2D eigenvalue weighted by Crippen LogP contribution is -2.21. The first-order valence-corrected chi connectivity index (χ1v) is 8.06. The Morgan fingerprint density at radius 2 is 2.05 bits per heavy atom. The number of aromatic nitrogens is 2. The van der Waals surface area contributed by atoms with Gasteiger partial charge in [-0.25, -0.2) is 0 Å². The number of ether oxygens (including phenoxy) is 1. The predicted octanol–water partition coefficient (Wildman–Crippen LogP) is 2.22. The predicted molar refractivity (Wildman–Crippen MR) is 87.5 cm³/mol. The number of rotatable bonds is 4. The van der Waals surface area contributed by atoms with Crippen molar-refractivity contribution < 1.29 is 14.6 Å². The van der Waals surface area contributed by atoms with Crippen LogP contribution in [0.3, 0.4) is 0 Å². The maximum atomic E-state index is 9.46. The number of aliphatic hydroxyl groups is 1. The number of aromatic amines is 1. The van der Waals surface area contributed by atoms with Gasteiger partial charge in [-0.2, -0.15) is 5.10 Å². The third kappa shape index (κ3) is 10.3. The number of hydrogen-bond donors (Lipinski definition) is 2. The summed E-state index contributed by atoms with van der Waals surface area (Å²) in [5, 5.41) is 13.2. The molecular weight excluding hydrogens is 282 g/mol. The SMILES string of the molecule is C1CC2CCCN2C1.CCCCOC=O.CO.c1cn[nH]c1. The second-order valence-electron chi connectivity index (χ2n) is 5.06. The Kier molecular flexibility index (Phi) is 15.0. The third-order valence-corrected chi connectivity index (χ3v) is 3.57. The summed E-state index contributed by atoms with van der Waals surface area (Å²) in [4.78, 5) is 12.1. The van der Waals surface area contributed by atoms with Crippen LogP contribution in [0.4, 0.5) is 0 Å². The summed E-state index contributed by atoms with van der Waals surface area (Å²) in [6.07, 6.45) is 11.4. The second-order valence-corrected chi connectivity index (χ2v) is 5.06. The molecule has 0 aliphatic carbocycles. The molecule has 22 heavy (non-hydrogen) atoms. The van der Waals surface area contributed by atoms with Crippen molar-refractivity contribution in [3.05, 3.63) is 18.5 Å². The molecule has 0 radical (unpaired) electrons. The van der Waals surface area contributed by atoms with Gasteiger partial charge < -0.3 is 14.7 Å². The molecule has 3 rings (SSSR count). The van der Waals surface area contributed by atoms with E-state index in [1.54, 1.807) is 12.4 Å². The van der Waals surface area contributed by atoms with E-state index in [2.05, 4.69) is 19.8 Å². The zero-order valence-electron chi connectivity index (χ0n) is 13.9. The molecule has 0 amide bonds. The van der Waals surface area contributed by atoms with E-state index in [1.807, 2.05) is 13.0 Å². The molecule has 0 bridgehead atoms. The highest BCUT2D eigenvalue weighted by atomic mass is 16.5. The zero-order chi connectivity index (χ0) is 16.5. The molecule has 2 saturated heterocycles. The lowest BCUT2D eigenvalue weighted by molar-refractivity contribution is -0.128. The Bertz CT molecular complexity index is 283. The quantitative estimate of drug-likeness (QED) is 0.658. The topological polar surface area (TPSA) is 78.4 Å². The van der Waals surface area contributed by atoms with E-state index in [4.69, 9.17) is 5.11 Å². The number of carbonyl (C=O) groups is 1. The molecule has 0 unspecified atom stereocenters. The molecule has 2 aliphatic rings. The van der Waals surface area contributed by atoms with E-state index in [1.165, 1.54) is 38.8 Å². The molecule has 0 saturated carbocycles. The van der Waals surface area contributed by atoms with Crippen molar-refractivity contribution in [2.24, 2.45) is 0 Å². The summed E-state index contributed by atoms with van der Waals surface area (Å²) in [7, 11) is 1.00. The summed E-state index contributed by atoms with van der Waals surface area (Å²) in [5.41, 5.74) is 0. The molecule has 1 aromatic heterocycles. The number of H-pyrrole nitrogens is 1. The molecule has 0 aromatic carbocycles. The fourth-order valence-corrected chi connectivity index (χ4v) is 2.54. The number of hydrogen-bond acceptors (Lipinski definition) is 5. The van der Waals surface area contributed by atoms with Crippen LogP contribution in [0.1, 0.15) is 45.4 Å². The van der Waals surface area contributed by atoms with Crippen molar-refractivity contribution in [2.75, 3.05) is 26.8 Å². The van der Waals surface area contributed by atoms with E-state index in [0.29, 0.717) is 13.1 Å². The van der Waals surface area contributed by atoms with Gasteiger partial charge in [0.1, 0.15) is 0 Å². The molecule has 3 heterocycles. The van der Waals surface area contributed by atoms with Crippen LogP contribution in [0.5, 0.6) is 0 Å². The molecule has 0 atom stereocenters. The average Bonchev–Trinajstić information content (AvgIpc) is 3.30. The number of nitrogens with zero attached hydrogens (tertiary/aromatic N) is 2. The van der Waals surface area contributed by atoms with Gasteiger partial charge in [0.05, 0.1) is 6.61 Å². The first-order chi connectivity index (χ1) is 10.9. The van der Waals surface area contributed by atoms with Gasteiger partial charge in [0.25, 0.3) is 6.47 Å². The Hall–Kier alpha value is -1.40. The van der Waals surface area contributed by atoms with E-state index in [0.717, 1.165) is 26.0 Å². The normalized spacial score (nSPS) is 16.1. The fourth-order valence-electron chi connectivity index (χ4n) is 2.54. The standard InChI is InChI=1S/C7H13N.C5H10O2.C3H4N2.CH4O/c1-3-7-4-2-6-8(7)5-1;1-2-3-4-7-5-6;1-2-4-5-3-1;1-2/h7H,1-6H2;5H,2-4H2,1H3;1-3H,(H,4,5);2H,1H3. The molecule has 1 aromatic rings. The lowest BCUT2D eigenvalue weighted by atomic mass is 10.2. The van der Waals surface area contributed by atoms with Gasteiger partial charge in [0, 0.05) is 25.5 Å². The van der Waals surface area contributed by atoms with Crippen LogP contribution in [-0.2, 0) is 9.53 Å². The van der Waals surface area contributed by atoms with Gasteiger partial charge in [-0.3, -0.25) is 9.89 Å². The molecule has 6 heteroatoms. The highest BCUT2D eigenvalue weighted by Crippen LogP contribution is 2.26. The van der Waals surface area contributed by atoms with Crippen LogP contribution >= 0.6 is 0 Å². The molecule has 2 N–H and O–H groups in total. The number of unbranched alkanes of at least 4 members (excludes halogenated alkanes) is 1. The zero-order valence-corrected chi connectivity index (χ0v) is 13.9. The largest absolute Gasteiger partial charge is 0.468 e. The molecule has 6 nitrogen and oxygen atoms in total. The van der Waals surface area contributed by atoms with Crippen molar-refractivity contribution >= 4 is 6.47 Å². The monoisotopic (exact) mass is 313 g/mol. The highest BCUT2D eigenvalue weighted by Gasteiger charge is 2.27. The summed E-state index contributed by atoms with van der Waals surface area (Å²) in [6, 6.07) is 2.84. The summed E-state index contributed by atoms with van der Waals surface area (Å²) in [6.45, 7) is 5.89. The van der Waals surface area contributed by atoms with Gasteiger partial charge in [0.15, 0.2) is 0 Å². The molecule has 2 aliphatic heterocycles. The Morgan fingerprint density at radius 3 is 2.41 bits per heavy atom. The van der Waals surface area contributed by atoms with Gasteiger partial charge in [0.2, 0.25) is 0 Å². The van der Waals surface area contributed by atoms with E-state index >= 15 is 0 Å². The van der Waals surface area contributed by atoms with Gasteiger partial charge in [-0.05, 0) is 51.3 Å². The van der Waals surface area contributed by atoms with Crippen LogP contribution in [0.15, 0.2) is 18.5 Å². The maximum absolute atomic E-state index is 9.46. The van der Waals surface area contributed by atoms with Crippen molar-refractivity contribution in [3.63, 3.8) is 0 Å². The number of aliphatic hydroxyl groups excluding tert-OH is 1. The minimum atomic E-state index is 0.482.